The van der Waals surface area contributed by atoms with Crippen LogP contribution in [-0.4, -0.2) is 68.2 Å². The fourth-order valence-electron chi connectivity index (χ4n) is 5.06. The molecule has 2 saturated heterocycles. The molecule has 1 aromatic rings. The van der Waals surface area contributed by atoms with Crippen molar-refractivity contribution in [2.45, 2.75) is 50.6 Å². The van der Waals surface area contributed by atoms with Gasteiger partial charge in [-0.1, -0.05) is 32.4 Å². The third-order valence-corrected chi connectivity index (χ3v) is 9.50. The van der Waals surface area contributed by atoms with Gasteiger partial charge < -0.3 is 0 Å². The number of rotatable bonds is 6. The lowest BCUT2D eigenvalue weighted by Gasteiger charge is -2.28. The van der Waals surface area contributed by atoms with Crippen molar-refractivity contribution in [1.29, 1.82) is 0 Å². The third kappa shape index (κ3) is 4.86. The normalized spacial score (nSPS) is 24.7. The van der Waals surface area contributed by atoms with E-state index in [4.69, 9.17) is 0 Å². The van der Waals surface area contributed by atoms with Crippen molar-refractivity contribution >= 4 is 38.4 Å². The number of amides is 1. The number of carbonyl (C=O) groups excluding carboxylic acids is 1. The van der Waals surface area contributed by atoms with E-state index in [1.807, 2.05) is 26.0 Å². The number of hydrogen-bond acceptors (Lipinski definition) is 6. The summed E-state index contributed by atoms with van der Waals surface area (Å²) in [6, 6.07) is 6.10. The van der Waals surface area contributed by atoms with Crippen LogP contribution in [0.1, 0.15) is 38.7 Å². The lowest BCUT2D eigenvalue weighted by molar-refractivity contribution is -0.128. The first-order valence-electron chi connectivity index (χ1n) is 11.1. The predicted octanol–water partition coefficient (Wildman–Crippen LogP) is 2.43. The number of likely N-dealkylation sites (tertiary alicyclic amines) is 1. The van der Waals surface area contributed by atoms with E-state index in [0.717, 1.165) is 35.8 Å². The number of carbonyl (C=O) groups is 1. The molecule has 11 heteroatoms. The van der Waals surface area contributed by atoms with Crippen LogP contribution in [0.2, 0.25) is 0 Å². The minimum absolute atomic E-state index is 0. The molecule has 0 unspecified atom stereocenters. The lowest BCUT2D eigenvalue weighted by atomic mass is 9.90. The molecule has 33 heavy (non-hydrogen) atoms. The van der Waals surface area contributed by atoms with E-state index in [1.165, 1.54) is 23.6 Å². The predicted molar refractivity (Wildman–Crippen MR) is 129 cm³/mol. The molecule has 4 rings (SSSR count). The van der Waals surface area contributed by atoms with Crippen LogP contribution in [0.5, 0.6) is 0 Å². The lowest BCUT2D eigenvalue weighted by Crippen LogP contribution is -2.42. The van der Waals surface area contributed by atoms with Crippen molar-refractivity contribution in [3.8, 4) is 0 Å². The SMILES string of the molecule is CC(C)[C@H]1C(=O)N(S(C)(=O)=O)C2=CCN(S(=O)(=O)c3ccc(CN4CCCCC4)cc3)[C@@H]21.Cl. The van der Waals surface area contributed by atoms with Gasteiger partial charge in [0.1, 0.15) is 0 Å². The maximum atomic E-state index is 13.5. The molecule has 2 atom stereocenters. The number of benzene rings is 1. The second-order valence-electron chi connectivity index (χ2n) is 9.26. The number of halogens is 1. The molecule has 0 N–H and O–H groups in total. The topological polar surface area (TPSA) is 95.1 Å². The van der Waals surface area contributed by atoms with E-state index in [9.17, 15) is 21.6 Å². The van der Waals surface area contributed by atoms with Crippen LogP contribution in [0.25, 0.3) is 0 Å². The van der Waals surface area contributed by atoms with Gasteiger partial charge in [-0.3, -0.25) is 9.69 Å². The van der Waals surface area contributed by atoms with Crippen LogP contribution in [0, 0.1) is 11.8 Å². The Morgan fingerprint density at radius 1 is 1.00 bits per heavy atom. The van der Waals surface area contributed by atoms with Crippen LogP contribution in [-0.2, 0) is 31.4 Å². The van der Waals surface area contributed by atoms with E-state index >= 15 is 0 Å². The fraction of sp³-hybridized carbons (Fsp3) is 0.591. The molecule has 0 saturated carbocycles. The average molecular weight is 518 g/mol. The van der Waals surface area contributed by atoms with Gasteiger partial charge in [0.25, 0.3) is 0 Å². The molecule has 8 nitrogen and oxygen atoms in total. The Morgan fingerprint density at radius 3 is 2.15 bits per heavy atom. The fourth-order valence-corrected chi connectivity index (χ4v) is 7.63. The minimum atomic E-state index is -3.91. The monoisotopic (exact) mass is 517 g/mol. The number of nitrogens with zero attached hydrogens (tertiary/aromatic N) is 3. The molecule has 0 aromatic heterocycles. The summed E-state index contributed by atoms with van der Waals surface area (Å²) in [5.74, 6) is -1.52. The first-order chi connectivity index (χ1) is 15.0. The summed E-state index contributed by atoms with van der Waals surface area (Å²) in [4.78, 5) is 15.5. The van der Waals surface area contributed by atoms with Crippen LogP contribution in [0.15, 0.2) is 40.9 Å². The summed E-state index contributed by atoms with van der Waals surface area (Å²) in [6.07, 6.45) is 6.17. The van der Waals surface area contributed by atoms with Gasteiger partial charge in [0.15, 0.2) is 0 Å². The Morgan fingerprint density at radius 2 is 1.61 bits per heavy atom. The molecule has 0 spiro atoms. The van der Waals surface area contributed by atoms with Gasteiger partial charge in [0.05, 0.1) is 28.8 Å². The summed E-state index contributed by atoms with van der Waals surface area (Å²) in [7, 11) is -7.74. The average Bonchev–Trinajstić information content (AvgIpc) is 3.25. The summed E-state index contributed by atoms with van der Waals surface area (Å²) in [6.45, 7) is 6.58. The summed E-state index contributed by atoms with van der Waals surface area (Å²) in [5, 5.41) is 0. The van der Waals surface area contributed by atoms with Crippen LogP contribution in [0.4, 0.5) is 0 Å². The summed E-state index contributed by atoms with van der Waals surface area (Å²) in [5.41, 5.74) is 1.31. The smallest absolute Gasteiger partial charge is 0.245 e. The number of hydrogen-bond donors (Lipinski definition) is 0. The molecule has 1 amide bonds. The molecule has 0 aliphatic carbocycles. The van der Waals surface area contributed by atoms with E-state index in [-0.39, 0.29) is 35.5 Å². The van der Waals surface area contributed by atoms with Gasteiger partial charge in [-0.25, -0.2) is 21.1 Å². The molecule has 1 aromatic carbocycles. The molecule has 3 aliphatic rings. The Hall–Kier alpha value is -1.46. The number of fused-ring (bicyclic) bond motifs is 1. The van der Waals surface area contributed by atoms with Gasteiger partial charge in [-0.05, 0) is 55.6 Å². The number of sulfonamides is 2. The van der Waals surface area contributed by atoms with E-state index in [2.05, 4.69) is 4.90 Å². The molecular weight excluding hydrogens is 486 g/mol. The van der Waals surface area contributed by atoms with Crippen molar-refractivity contribution in [2.24, 2.45) is 11.8 Å². The summed E-state index contributed by atoms with van der Waals surface area (Å²) < 4.78 is 53.6. The highest BCUT2D eigenvalue weighted by molar-refractivity contribution is 7.89. The highest BCUT2D eigenvalue weighted by atomic mass is 35.5. The van der Waals surface area contributed by atoms with E-state index in [0.29, 0.717) is 0 Å². The second-order valence-corrected chi connectivity index (χ2v) is 13.0. The zero-order valence-corrected chi connectivity index (χ0v) is 21.6. The Kier molecular flexibility index (Phi) is 7.65. The Balaban J connectivity index is 0.00000306. The van der Waals surface area contributed by atoms with Crippen molar-refractivity contribution in [3.05, 3.63) is 41.6 Å². The quantitative estimate of drug-likeness (QED) is 0.575. The maximum absolute atomic E-state index is 13.5. The molecular formula is C22H32ClN3O5S2. The van der Waals surface area contributed by atoms with Crippen molar-refractivity contribution in [1.82, 2.24) is 13.5 Å². The van der Waals surface area contributed by atoms with Crippen LogP contribution >= 0.6 is 12.4 Å². The minimum Gasteiger partial charge on any atom is -0.299 e. The third-order valence-electron chi connectivity index (χ3n) is 6.59. The number of piperidine rings is 1. The van der Waals surface area contributed by atoms with Crippen molar-refractivity contribution in [2.75, 3.05) is 25.9 Å². The molecule has 3 aliphatic heterocycles. The molecule has 2 fully saturated rings. The van der Waals surface area contributed by atoms with Crippen LogP contribution in [0.3, 0.4) is 0 Å². The van der Waals surface area contributed by atoms with Crippen molar-refractivity contribution in [3.63, 3.8) is 0 Å². The molecule has 3 heterocycles. The first kappa shape index (κ1) is 26.2. The van der Waals surface area contributed by atoms with Crippen LogP contribution < -0.4 is 0 Å². The Bertz CT molecular complexity index is 1130. The molecule has 0 radical (unpaired) electrons. The van der Waals surface area contributed by atoms with Gasteiger partial charge in [-0.15, -0.1) is 12.4 Å². The Labute approximate surface area is 203 Å². The summed E-state index contributed by atoms with van der Waals surface area (Å²) >= 11 is 0. The zero-order chi connectivity index (χ0) is 23.3. The molecule has 0 bridgehead atoms. The molecule has 184 valence electrons. The highest BCUT2D eigenvalue weighted by Gasteiger charge is 2.56. The second kappa shape index (κ2) is 9.65. The van der Waals surface area contributed by atoms with Crippen molar-refractivity contribution < 1.29 is 21.6 Å². The van der Waals surface area contributed by atoms with Gasteiger partial charge >= 0.3 is 0 Å². The highest BCUT2D eigenvalue weighted by Crippen LogP contribution is 2.43. The zero-order valence-electron chi connectivity index (χ0n) is 19.2. The largest absolute Gasteiger partial charge is 0.299 e. The van der Waals surface area contributed by atoms with E-state index < -0.39 is 37.9 Å². The standard InChI is InChI=1S/C22H31N3O5S2.ClH/c1-16(2)20-21-19(25(22(20)26)31(3,27)28)11-14-24(21)32(29,30)18-9-7-17(8-10-18)15-23-12-5-4-6-13-23;/h7-11,16,20-21H,4-6,12-15H2,1-3H3;1H/t20-,21+;/m1./s1. The van der Waals surface area contributed by atoms with Gasteiger partial charge in [0, 0.05) is 13.1 Å². The van der Waals surface area contributed by atoms with Gasteiger partial charge in [-0.2, -0.15) is 4.31 Å². The van der Waals surface area contributed by atoms with Gasteiger partial charge in [0.2, 0.25) is 26.0 Å². The first-order valence-corrected chi connectivity index (χ1v) is 14.4. The maximum Gasteiger partial charge on any atom is 0.245 e. The van der Waals surface area contributed by atoms with E-state index in [1.54, 1.807) is 18.2 Å².